The zero-order valence-corrected chi connectivity index (χ0v) is 16.5. The molecular formula is C23H26O5. The number of ether oxygens (including phenoxy) is 2. The number of rotatable bonds is 8. The number of hydrogen-bond donors (Lipinski definition) is 0. The first kappa shape index (κ1) is 21.4. The summed E-state index contributed by atoms with van der Waals surface area (Å²) in [6, 6.07) is 15.7. The van der Waals surface area contributed by atoms with E-state index in [9.17, 15) is 14.4 Å². The summed E-state index contributed by atoms with van der Waals surface area (Å²) < 4.78 is 10.4. The molecule has 1 atom stereocenters. The predicted molar refractivity (Wildman–Crippen MR) is 106 cm³/mol. The van der Waals surface area contributed by atoms with Gasteiger partial charge >= 0.3 is 17.9 Å². The lowest BCUT2D eigenvalue weighted by atomic mass is 9.98. The summed E-state index contributed by atoms with van der Waals surface area (Å²) >= 11 is 0. The van der Waals surface area contributed by atoms with Gasteiger partial charge in [-0.2, -0.15) is 0 Å². The van der Waals surface area contributed by atoms with Crippen LogP contribution in [0.2, 0.25) is 0 Å². The maximum Gasteiger partial charge on any atom is 0.359 e. The van der Waals surface area contributed by atoms with E-state index in [1.165, 1.54) is 0 Å². The highest BCUT2D eigenvalue weighted by atomic mass is 16.6. The lowest BCUT2D eigenvalue weighted by Crippen LogP contribution is -2.25. The lowest BCUT2D eigenvalue weighted by molar-refractivity contribution is -0.166. The van der Waals surface area contributed by atoms with Gasteiger partial charge in [-0.15, -0.1) is 0 Å². The summed E-state index contributed by atoms with van der Waals surface area (Å²) in [4.78, 5) is 37.1. The SMILES string of the molecule is CCCC(=O)OC(=O)C(OC(=O)c1ccccc1CC(C)C)c1ccccc1. The highest BCUT2D eigenvalue weighted by molar-refractivity contribution is 5.95. The van der Waals surface area contributed by atoms with Crippen LogP contribution in [-0.4, -0.2) is 17.9 Å². The molecule has 28 heavy (non-hydrogen) atoms. The molecule has 0 aliphatic heterocycles. The van der Waals surface area contributed by atoms with Gasteiger partial charge in [-0.1, -0.05) is 69.3 Å². The van der Waals surface area contributed by atoms with Crippen molar-refractivity contribution in [1.29, 1.82) is 0 Å². The molecule has 0 N–H and O–H groups in total. The zero-order valence-electron chi connectivity index (χ0n) is 16.5. The first-order chi connectivity index (χ1) is 13.4. The van der Waals surface area contributed by atoms with E-state index < -0.39 is 24.0 Å². The Morgan fingerprint density at radius 2 is 1.57 bits per heavy atom. The molecule has 0 saturated heterocycles. The Bertz CT molecular complexity index is 811. The molecule has 5 heteroatoms. The van der Waals surface area contributed by atoms with Gasteiger partial charge in [0.25, 0.3) is 0 Å². The van der Waals surface area contributed by atoms with Crippen LogP contribution >= 0.6 is 0 Å². The minimum Gasteiger partial charge on any atom is -0.442 e. The van der Waals surface area contributed by atoms with Gasteiger partial charge < -0.3 is 9.47 Å². The summed E-state index contributed by atoms with van der Waals surface area (Å²) in [6.07, 6.45) is 0.0884. The molecule has 0 aliphatic carbocycles. The number of carbonyl (C=O) groups excluding carboxylic acids is 3. The molecule has 0 bridgehead atoms. The van der Waals surface area contributed by atoms with Crippen molar-refractivity contribution in [3.63, 3.8) is 0 Å². The number of benzene rings is 2. The second-order valence-electron chi connectivity index (χ2n) is 6.99. The standard InChI is InChI=1S/C23H26O5/c1-4-10-20(24)27-23(26)21(17-11-6-5-7-12-17)28-22(25)19-14-9-8-13-18(19)15-16(2)3/h5-9,11-14,16,21H,4,10,15H2,1-3H3. The molecule has 1 unspecified atom stereocenters. The number of hydrogen-bond acceptors (Lipinski definition) is 5. The van der Waals surface area contributed by atoms with Crippen LogP contribution in [0.5, 0.6) is 0 Å². The van der Waals surface area contributed by atoms with Gasteiger partial charge in [0.2, 0.25) is 6.10 Å². The third-order valence-corrected chi connectivity index (χ3v) is 4.08. The minimum atomic E-state index is -1.30. The molecule has 0 amide bonds. The largest absolute Gasteiger partial charge is 0.442 e. The fraction of sp³-hybridized carbons (Fsp3) is 0.348. The third-order valence-electron chi connectivity index (χ3n) is 4.08. The van der Waals surface area contributed by atoms with E-state index in [1.54, 1.807) is 42.5 Å². The van der Waals surface area contributed by atoms with E-state index in [-0.39, 0.29) is 6.42 Å². The Kier molecular flexibility index (Phi) is 7.93. The first-order valence-corrected chi connectivity index (χ1v) is 9.50. The second kappa shape index (κ2) is 10.4. The van der Waals surface area contributed by atoms with Crippen LogP contribution in [0.15, 0.2) is 54.6 Å². The van der Waals surface area contributed by atoms with Crippen LogP contribution in [0.1, 0.15) is 61.2 Å². The maximum atomic E-state index is 12.8. The van der Waals surface area contributed by atoms with Gasteiger partial charge in [0.05, 0.1) is 5.56 Å². The van der Waals surface area contributed by atoms with Crippen LogP contribution < -0.4 is 0 Å². The Hall–Kier alpha value is -2.95. The summed E-state index contributed by atoms with van der Waals surface area (Å²) in [5, 5.41) is 0. The topological polar surface area (TPSA) is 69.7 Å². The third kappa shape index (κ3) is 6.05. The smallest absolute Gasteiger partial charge is 0.359 e. The van der Waals surface area contributed by atoms with Crippen LogP contribution in [0.3, 0.4) is 0 Å². The fourth-order valence-electron chi connectivity index (χ4n) is 2.81. The molecule has 0 aromatic heterocycles. The van der Waals surface area contributed by atoms with Crippen LogP contribution in [-0.2, 0) is 25.5 Å². The monoisotopic (exact) mass is 382 g/mol. The van der Waals surface area contributed by atoms with Crippen molar-refractivity contribution in [3.05, 3.63) is 71.3 Å². The molecule has 0 saturated carbocycles. The van der Waals surface area contributed by atoms with Gasteiger partial charge in [-0.3, -0.25) is 4.79 Å². The predicted octanol–water partition coefficient (Wildman–Crippen LogP) is 4.65. The van der Waals surface area contributed by atoms with Crippen molar-refractivity contribution in [2.75, 3.05) is 0 Å². The molecule has 5 nitrogen and oxygen atoms in total. The van der Waals surface area contributed by atoms with E-state index in [2.05, 4.69) is 13.8 Å². The van der Waals surface area contributed by atoms with Crippen molar-refractivity contribution in [2.45, 2.75) is 46.1 Å². The number of carbonyl (C=O) groups is 3. The van der Waals surface area contributed by atoms with E-state index >= 15 is 0 Å². The Balaban J connectivity index is 2.27. The molecule has 148 valence electrons. The molecule has 0 fully saturated rings. The molecule has 0 aliphatic rings. The van der Waals surface area contributed by atoms with Crippen LogP contribution in [0.4, 0.5) is 0 Å². The van der Waals surface area contributed by atoms with Crippen LogP contribution in [0, 0.1) is 5.92 Å². The summed E-state index contributed by atoms with van der Waals surface area (Å²) in [6.45, 7) is 5.93. The van der Waals surface area contributed by atoms with E-state index in [0.29, 0.717) is 29.9 Å². The van der Waals surface area contributed by atoms with E-state index in [0.717, 1.165) is 5.56 Å². The molecular weight excluding hydrogens is 356 g/mol. The van der Waals surface area contributed by atoms with Gasteiger partial charge in [-0.05, 0) is 30.4 Å². The van der Waals surface area contributed by atoms with Crippen molar-refractivity contribution >= 4 is 17.9 Å². The highest BCUT2D eigenvalue weighted by Crippen LogP contribution is 2.23. The Labute approximate surface area is 165 Å². The molecule has 2 aromatic carbocycles. The summed E-state index contributed by atoms with van der Waals surface area (Å²) in [7, 11) is 0. The average molecular weight is 382 g/mol. The van der Waals surface area contributed by atoms with E-state index in [1.807, 2.05) is 19.1 Å². The Morgan fingerprint density at radius 3 is 2.21 bits per heavy atom. The molecule has 0 heterocycles. The molecule has 0 radical (unpaired) electrons. The highest BCUT2D eigenvalue weighted by Gasteiger charge is 2.29. The van der Waals surface area contributed by atoms with Gasteiger partial charge in [0.1, 0.15) is 0 Å². The Morgan fingerprint density at radius 1 is 0.929 bits per heavy atom. The van der Waals surface area contributed by atoms with Crippen molar-refractivity contribution in [2.24, 2.45) is 5.92 Å². The number of esters is 3. The van der Waals surface area contributed by atoms with Gasteiger partial charge in [-0.25, -0.2) is 9.59 Å². The first-order valence-electron chi connectivity index (χ1n) is 9.50. The summed E-state index contributed by atoms with van der Waals surface area (Å²) in [5.74, 6) is -1.79. The van der Waals surface area contributed by atoms with Crippen molar-refractivity contribution < 1.29 is 23.9 Å². The van der Waals surface area contributed by atoms with E-state index in [4.69, 9.17) is 9.47 Å². The quantitative estimate of drug-likeness (QED) is 0.491. The lowest BCUT2D eigenvalue weighted by Gasteiger charge is -2.18. The maximum absolute atomic E-state index is 12.8. The average Bonchev–Trinajstić information content (AvgIpc) is 2.66. The molecule has 0 spiro atoms. The zero-order chi connectivity index (χ0) is 20.5. The molecule has 2 rings (SSSR count). The fourth-order valence-corrected chi connectivity index (χ4v) is 2.81. The normalized spacial score (nSPS) is 11.7. The van der Waals surface area contributed by atoms with Gasteiger partial charge in [0.15, 0.2) is 0 Å². The second-order valence-corrected chi connectivity index (χ2v) is 6.99. The minimum absolute atomic E-state index is 0.123. The van der Waals surface area contributed by atoms with Crippen molar-refractivity contribution in [1.82, 2.24) is 0 Å². The summed E-state index contributed by atoms with van der Waals surface area (Å²) in [5.41, 5.74) is 1.71. The molecule has 2 aromatic rings. The van der Waals surface area contributed by atoms with Gasteiger partial charge in [0, 0.05) is 12.0 Å². The van der Waals surface area contributed by atoms with Crippen molar-refractivity contribution in [3.8, 4) is 0 Å². The van der Waals surface area contributed by atoms with Crippen LogP contribution in [0.25, 0.3) is 0 Å².